The van der Waals surface area contributed by atoms with Crippen molar-refractivity contribution in [3.8, 4) is 5.75 Å². The molecule has 1 atom stereocenters. The summed E-state index contributed by atoms with van der Waals surface area (Å²) in [6.45, 7) is -0.800. The van der Waals surface area contributed by atoms with Crippen LogP contribution in [0.2, 0.25) is 0 Å². The van der Waals surface area contributed by atoms with Crippen LogP contribution < -0.4 is 16.0 Å². The normalized spacial score (nSPS) is 12.4. The van der Waals surface area contributed by atoms with Gasteiger partial charge < -0.3 is 4.74 Å². The third-order valence-corrected chi connectivity index (χ3v) is 3.33. The van der Waals surface area contributed by atoms with Gasteiger partial charge in [-0.05, 0) is 23.6 Å². The summed E-state index contributed by atoms with van der Waals surface area (Å²) in [5.41, 5.74) is 5.32. The first-order valence-electron chi connectivity index (χ1n) is 6.74. The zero-order chi connectivity index (χ0) is 15.2. The van der Waals surface area contributed by atoms with Gasteiger partial charge in [0.1, 0.15) is 5.75 Å². The molecule has 2 aromatic carbocycles. The number of hydrazine groups is 1. The molecule has 21 heavy (non-hydrogen) atoms. The van der Waals surface area contributed by atoms with Gasteiger partial charge in [0, 0.05) is 5.56 Å². The molecule has 5 heteroatoms. The summed E-state index contributed by atoms with van der Waals surface area (Å²) < 4.78 is 29.6. The largest absolute Gasteiger partial charge is 0.434 e. The predicted octanol–water partition coefficient (Wildman–Crippen LogP) is 3.40. The van der Waals surface area contributed by atoms with Crippen molar-refractivity contribution >= 4 is 0 Å². The van der Waals surface area contributed by atoms with Crippen molar-refractivity contribution in [2.45, 2.75) is 26.0 Å². The number of aryl methyl sites for hydroxylation is 1. The lowest BCUT2D eigenvalue weighted by atomic mass is 9.97. The fourth-order valence-electron chi connectivity index (χ4n) is 2.23. The Morgan fingerprint density at radius 3 is 2.33 bits per heavy atom. The lowest BCUT2D eigenvalue weighted by molar-refractivity contribution is -0.0506. The highest BCUT2D eigenvalue weighted by Crippen LogP contribution is 2.30. The summed E-state index contributed by atoms with van der Waals surface area (Å²) in [6.07, 6.45) is 0.937. The SMILES string of the molecule is CCc1ccc(C(NN)c2ccccc2OC(F)F)cc1. The van der Waals surface area contributed by atoms with Crippen LogP contribution in [-0.2, 0) is 6.42 Å². The third kappa shape index (κ3) is 3.77. The van der Waals surface area contributed by atoms with Crippen LogP contribution in [-0.4, -0.2) is 6.61 Å². The Labute approximate surface area is 122 Å². The maximum Gasteiger partial charge on any atom is 0.387 e. The molecule has 0 aromatic heterocycles. The van der Waals surface area contributed by atoms with Crippen LogP contribution in [0.3, 0.4) is 0 Å². The topological polar surface area (TPSA) is 47.3 Å². The molecule has 0 aliphatic heterocycles. The van der Waals surface area contributed by atoms with Crippen molar-refractivity contribution in [3.05, 3.63) is 65.2 Å². The van der Waals surface area contributed by atoms with Crippen LogP contribution in [0, 0.1) is 0 Å². The smallest absolute Gasteiger partial charge is 0.387 e. The van der Waals surface area contributed by atoms with E-state index in [1.807, 2.05) is 24.3 Å². The predicted molar refractivity (Wildman–Crippen MR) is 78.1 cm³/mol. The number of rotatable bonds is 6. The first kappa shape index (κ1) is 15.4. The number of para-hydroxylation sites is 1. The van der Waals surface area contributed by atoms with Gasteiger partial charge in [-0.15, -0.1) is 0 Å². The summed E-state index contributed by atoms with van der Waals surface area (Å²) in [6, 6.07) is 14.1. The third-order valence-electron chi connectivity index (χ3n) is 3.33. The van der Waals surface area contributed by atoms with Crippen LogP contribution in [0.15, 0.2) is 48.5 Å². The van der Waals surface area contributed by atoms with Gasteiger partial charge in [-0.25, -0.2) is 5.43 Å². The minimum absolute atomic E-state index is 0.120. The Kier molecular flexibility index (Phi) is 5.25. The number of nitrogens with one attached hydrogen (secondary N) is 1. The second-order valence-corrected chi connectivity index (χ2v) is 4.61. The molecule has 0 radical (unpaired) electrons. The molecule has 0 saturated heterocycles. The van der Waals surface area contributed by atoms with Gasteiger partial charge in [0.2, 0.25) is 0 Å². The van der Waals surface area contributed by atoms with E-state index in [4.69, 9.17) is 5.84 Å². The van der Waals surface area contributed by atoms with E-state index >= 15 is 0 Å². The molecular weight excluding hydrogens is 274 g/mol. The standard InChI is InChI=1S/C16H18F2N2O/c1-2-11-7-9-12(10-8-11)15(20-19)13-5-3-4-6-14(13)21-16(17)18/h3-10,15-16,20H,2,19H2,1H3. The number of nitrogens with two attached hydrogens (primary N) is 1. The Balaban J connectivity index is 2.36. The Hall–Kier alpha value is -1.98. The number of alkyl halides is 2. The molecule has 0 spiro atoms. The molecular formula is C16H18F2N2O. The number of ether oxygens (including phenoxy) is 1. The van der Waals surface area contributed by atoms with Crippen molar-refractivity contribution in [2.24, 2.45) is 5.84 Å². The molecule has 3 N–H and O–H groups in total. The van der Waals surface area contributed by atoms with E-state index in [1.54, 1.807) is 18.2 Å². The average molecular weight is 292 g/mol. The second kappa shape index (κ2) is 7.15. The zero-order valence-corrected chi connectivity index (χ0v) is 11.7. The van der Waals surface area contributed by atoms with E-state index in [-0.39, 0.29) is 5.75 Å². The summed E-state index contributed by atoms with van der Waals surface area (Å²) in [7, 11) is 0. The maximum atomic E-state index is 12.5. The number of hydrogen-bond donors (Lipinski definition) is 2. The highest BCUT2D eigenvalue weighted by atomic mass is 19.3. The molecule has 0 amide bonds. The molecule has 2 rings (SSSR count). The Morgan fingerprint density at radius 1 is 1.10 bits per heavy atom. The van der Waals surface area contributed by atoms with Crippen LogP contribution in [0.25, 0.3) is 0 Å². The van der Waals surface area contributed by atoms with Gasteiger partial charge in [-0.1, -0.05) is 49.4 Å². The van der Waals surface area contributed by atoms with Crippen LogP contribution >= 0.6 is 0 Å². The molecule has 3 nitrogen and oxygen atoms in total. The second-order valence-electron chi connectivity index (χ2n) is 4.61. The molecule has 0 saturated carbocycles. The minimum atomic E-state index is -2.87. The van der Waals surface area contributed by atoms with Gasteiger partial charge >= 0.3 is 6.61 Å². The molecule has 2 aromatic rings. The minimum Gasteiger partial charge on any atom is -0.434 e. The summed E-state index contributed by atoms with van der Waals surface area (Å²) in [5, 5.41) is 0. The summed E-state index contributed by atoms with van der Waals surface area (Å²) in [5.74, 6) is 5.73. The maximum absolute atomic E-state index is 12.5. The van der Waals surface area contributed by atoms with Crippen molar-refractivity contribution < 1.29 is 13.5 Å². The lowest BCUT2D eigenvalue weighted by Gasteiger charge is -2.20. The highest BCUT2D eigenvalue weighted by molar-refractivity contribution is 5.42. The van der Waals surface area contributed by atoms with Crippen molar-refractivity contribution in [1.29, 1.82) is 0 Å². The van der Waals surface area contributed by atoms with Gasteiger partial charge in [-0.3, -0.25) is 5.84 Å². The quantitative estimate of drug-likeness (QED) is 0.633. The molecule has 0 fully saturated rings. The summed E-state index contributed by atoms with van der Waals surface area (Å²) >= 11 is 0. The average Bonchev–Trinajstić information content (AvgIpc) is 2.50. The lowest BCUT2D eigenvalue weighted by Crippen LogP contribution is -2.29. The van der Waals surface area contributed by atoms with E-state index in [2.05, 4.69) is 17.1 Å². The Bertz CT molecular complexity index is 573. The number of hydrogen-bond acceptors (Lipinski definition) is 3. The zero-order valence-electron chi connectivity index (χ0n) is 11.7. The molecule has 0 aliphatic rings. The van der Waals surface area contributed by atoms with Crippen molar-refractivity contribution in [1.82, 2.24) is 5.43 Å². The fraction of sp³-hybridized carbons (Fsp3) is 0.250. The van der Waals surface area contributed by atoms with Gasteiger partial charge in [0.05, 0.1) is 6.04 Å². The van der Waals surface area contributed by atoms with E-state index in [1.165, 1.54) is 11.6 Å². The van der Waals surface area contributed by atoms with Crippen LogP contribution in [0.5, 0.6) is 5.75 Å². The number of halogens is 2. The van der Waals surface area contributed by atoms with Crippen LogP contribution in [0.1, 0.15) is 29.7 Å². The molecule has 1 unspecified atom stereocenters. The number of benzene rings is 2. The summed E-state index contributed by atoms with van der Waals surface area (Å²) in [4.78, 5) is 0. The fourth-order valence-corrected chi connectivity index (χ4v) is 2.23. The molecule has 0 aliphatic carbocycles. The molecule has 0 heterocycles. The van der Waals surface area contributed by atoms with E-state index in [0.29, 0.717) is 5.56 Å². The molecule has 0 bridgehead atoms. The Morgan fingerprint density at radius 2 is 1.76 bits per heavy atom. The monoisotopic (exact) mass is 292 g/mol. The van der Waals surface area contributed by atoms with E-state index in [9.17, 15) is 8.78 Å². The van der Waals surface area contributed by atoms with Gasteiger partial charge in [0.25, 0.3) is 0 Å². The van der Waals surface area contributed by atoms with Crippen molar-refractivity contribution in [2.75, 3.05) is 0 Å². The van der Waals surface area contributed by atoms with Crippen molar-refractivity contribution in [3.63, 3.8) is 0 Å². The van der Waals surface area contributed by atoms with Gasteiger partial charge in [0.15, 0.2) is 0 Å². The highest BCUT2D eigenvalue weighted by Gasteiger charge is 2.18. The van der Waals surface area contributed by atoms with Crippen LogP contribution in [0.4, 0.5) is 8.78 Å². The van der Waals surface area contributed by atoms with E-state index in [0.717, 1.165) is 12.0 Å². The first-order chi connectivity index (χ1) is 10.2. The van der Waals surface area contributed by atoms with Gasteiger partial charge in [-0.2, -0.15) is 8.78 Å². The van der Waals surface area contributed by atoms with E-state index < -0.39 is 12.7 Å². The first-order valence-corrected chi connectivity index (χ1v) is 6.74. The molecule has 112 valence electrons.